The Kier molecular flexibility index (Phi) is 8.67. The maximum Gasteiger partial charge on any atom is 0.226 e. The van der Waals surface area contributed by atoms with E-state index in [4.69, 9.17) is 5.73 Å². The number of benzene rings is 1. The van der Waals surface area contributed by atoms with Gasteiger partial charge in [0.1, 0.15) is 5.82 Å². The normalized spacial score (nSPS) is 20.5. The standard InChI is InChI=1S/C18H28FN3O.ClH/c1-21(2)10-11-22(13-14-6-8-16(19)9-7-14)18(23)15-4-3-5-17(20)12-15;/h6-9,15,17H,3-5,10-13,20H2,1-2H3;1H. The van der Waals surface area contributed by atoms with Crippen molar-refractivity contribution in [2.75, 3.05) is 27.2 Å². The Bertz CT molecular complexity index is 509. The van der Waals surface area contributed by atoms with Crippen LogP contribution in [0.25, 0.3) is 0 Å². The van der Waals surface area contributed by atoms with Gasteiger partial charge in [0.2, 0.25) is 5.91 Å². The maximum atomic E-state index is 13.1. The van der Waals surface area contributed by atoms with Crippen molar-refractivity contribution < 1.29 is 9.18 Å². The second-order valence-corrected chi connectivity index (χ2v) is 6.81. The first-order valence-corrected chi connectivity index (χ1v) is 8.39. The van der Waals surface area contributed by atoms with Crippen molar-refractivity contribution in [3.8, 4) is 0 Å². The van der Waals surface area contributed by atoms with Crippen molar-refractivity contribution in [1.82, 2.24) is 9.80 Å². The average Bonchev–Trinajstić information content (AvgIpc) is 2.52. The Morgan fingerprint density at radius 1 is 1.21 bits per heavy atom. The smallest absolute Gasteiger partial charge is 0.226 e. The monoisotopic (exact) mass is 357 g/mol. The third-order valence-corrected chi connectivity index (χ3v) is 4.48. The highest BCUT2D eigenvalue weighted by Gasteiger charge is 2.29. The summed E-state index contributed by atoms with van der Waals surface area (Å²) in [5.74, 6) is -0.0362. The van der Waals surface area contributed by atoms with Crippen LogP contribution in [0.1, 0.15) is 31.2 Å². The summed E-state index contributed by atoms with van der Waals surface area (Å²) >= 11 is 0. The van der Waals surface area contributed by atoms with E-state index >= 15 is 0 Å². The van der Waals surface area contributed by atoms with Crippen molar-refractivity contribution in [2.45, 2.75) is 38.3 Å². The SMILES string of the molecule is CN(C)CCN(Cc1ccc(F)cc1)C(=O)C1CCCC(N)C1.Cl. The van der Waals surface area contributed by atoms with E-state index in [0.717, 1.165) is 37.8 Å². The molecule has 1 aliphatic carbocycles. The van der Waals surface area contributed by atoms with Crippen LogP contribution < -0.4 is 5.73 Å². The van der Waals surface area contributed by atoms with Crippen LogP contribution in [0.3, 0.4) is 0 Å². The summed E-state index contributed by atoms with van der Waals surface area (Å²) in [7, 11) is 3.99. The molecule has 2 unspecified atom stereocenters. The molecule has 1 saturated carbocycles. The molecule has 1 aliphatic rings. The zero-order valence-electron chi connectivity index (χ0n) is 14.6. The molecule has 1 fully saturated rings. The van der Waals surface area contributed by atoms with E-state index < -0.39 is 0 Å². The van der Waals surface area contributed by atoms with Crippen LogP contribution in [0, 0.1) is 11.7 Å². The molecule has 6 heteroatoms. The lowest BCUT2D eigenvalue weighted by Gasteiger charge is -2.32. The Hall–Kier alpha value is -1.17. The van der Waals surface area contributed by atoms with Crippen LogP contribution in [-0.4, -0.2) is 48.9 Å². The first-order chi connectivity index (χ1) is 11.0. The summed E-state index contributed by atoms with van der Waals surface area (Å²) in [6, 6.07) is 6.52. The number of likely N-dealkylation sites (N-methyl/N-ethyl adjacent to an activating group) is 1. The molecule has 0 bridgehead atoms. The van der Waals surface area contributed by atoms with Gasteiger partial charge in [0.05, 0.1) is 0 Å². The average molecular weight is 358 g/mol. The van der Waals surface area contributed by atoms with Gasteiger partial charge in [0.25, 0.3) is 0 Å². The third-order valence-electron chi connectivity index (χ3n) is 4.48. The van der Waals surface area contributed by atoms with Gasteiger partial charge >= 0.3 is 0 Å². The minimum Gasteiger partial charge on any atom is -0.337 e. The molecule has 2 rings (SSSR count). The summed E-state index contributed by atoms with van der Waals surface area (Å²) in [4.78, 5) is 16.9. The zero-order chi connectivity index (χ0) is 16.8. The van der Waals surface area contributed by atoms with Crippen LogP contribution in [0.5, 0.6) is 0 Å². The summed E-state index contributed by atoms with van der Waals surface area (Å²) in [5.41, 5.74) is 6.99. The van der Waals surface area contributed by atoms with Crippen LogP contribution in [0.4, 0.5) is 4.39 Å². The summed E-state index contributed by atoms with van der Waals surface area (Å²) in [6.45, 7) is 2.01. The van der Waals surface area contributed by atoms with Crippen molar-refractivity contribution in [3.63, 3.8) is 0 Å². The lowest BCUT2D eigenvalue weighted by molar-refractivity contribution is -0.137. The molecule has 0 radical (unpaired) electrons. The second kappa shape index (κ2) is 9.97. The molecule has 0 aliphatic heterocycles. The fourth-order valence-corrected chi connectivity index (χ4v) is 3.11. The Balaban J connectivity index is 0.00000288. The van der Waals surface area contributed by atoms with Crippen molar-refractivity contribution in [2.24, 2.45) is 11.7 Å². The Morgan fingerprint density at radius 3 is 2.46 bits per heavy atom. The number of hydrogen-bond acceptors (Lipinski definition) is 3. The van der Waals surface area contributed by atoms with Gasteiger partial charge in [-0.05, 0) is 51.1 Å². The van der Waals surface area contributed by atoms with Crippen molar-refractivity contribution in [1.29, 1.82) is 0 Å². The number of carbonyl (C=O) groups is 1. The molecule has 1 aromatic carbocycles. The molecule has 0 heterocycles. The van der Waals surface area contributed by atoms with Gasteiger partial charge < -0.3 is 15.5 Å². The van der Waals surface area contributed by atoms with Crippen LogP contribution >= 0.6 is 12.4 Å². The molecule has 1 aromatic rings. The number of nitrogens with zero attached hydrogens (tertiary/aromatic N) is 2. The third kappa shape index (κ3) is 6.38. The van der Waals surface area contributed by atoms with Gasteiger partial charge in [-0.2, -0.15) is 0 Å². The molecule has 136 valence electrons. The first kappa shape index (κ1) is 20.9. The summed E-state index contributed by atoms with van der Waals surface area (Å²) in [5, 5.41) is 0. The molecule has 2 N–H and O–H groups in total. The number of hydrogen-bond donors (Lipinski definition) is 1. The number of rotatable bonds is 6. The molecular formula is C18H29ClFN3O. The lowest BCUT2D eigenvalue weighted by Crippen LogP contribution is -2.42. The molecule has 0 spiro atoms. The summed E-state index contributed by atoms with van der Waals surface area (Å²) < 4.78 is 13.1. The molecule has 2 atom stereocenters. The van der Waals surface area contributed by atoms with Gasteiger partial charge in [0.15, 0.2) is 0 Å². The Morgan fingerprint density at radius 2 is 1.88 bits per heavy atom. The van der Waals surface area contributed by atoms with Gasteiger partial charge in [-0.25, -0.2) is 4.39 Å². The van der Waals surface area contributed by atoms with E-state index in [-0.39, 0.29) is 36.1 Å². The number of carbonyl (C=O) groups excluding carboxylic acids is 1. The largest absolute Gasteiger partial charge is 0.337 e. The highest BCUT2D eigenvalue weighted by molar-refractivity contribution is 5.85. The predicted octanol–water partition coefficient (Wildman–Crippen LogP) is 2.66. The Labute approximate surface area is 150 Å². The van der Waals surface area contributed by atoms with E-state index in [9.17, 15) is 9.18 Å². The highest BCUT2D eigenvalue weighted by Crippen LogP contribution is 2.25. The molecular weight excluding hydrogens is 329 g/mol. The van der Waals surface area contributed by atoms with Crippen LogP contribution in [0.15, 0.2) is 24.3 Å². The van der Waals surface area contributed by atoms with Crippen LogP contribution in [0.2, 0.25) is 0 Å². The van der Waals surface area contributed by atoms with Crippen molar-refractivity contribution >= 4 is 18.3 Å². The quantitative estimate of drug-likeness (QED) is 0.851. The number of halogens is 2. The number of amides is 1. The fraction of sp³-hybridized carbons (Fsp3) is 0.611. The van der Waals surface area contributed by atoms with Crippen LogP contribution in [-0.2, 0) is 11.3 Å². The molecule has 4 nitrogen and oxygen atoms in total. The molecule has 24 heavy (non-hydrogen) atoms. The second-order valence-electron chi connectivity index (χ2n) is 6.81. The topological polar surface area (TPSA) is 49.6 Å². The zero-order valence-corrected chi connectivity index (χ0v) is 15.4. The van der Waals surface area contributed by atoms with E-state index in [1.165, 1.54) is 12.1 Å². The van der Waals surface area contributed by atoms with E-state index in [2.05, 4.69) is 4.90 Å². The fourth-order valence-electron chi connectivity index (χ4n) is 3.11. The van der Waals surface area contributed by atoms with E-state index in [1.54, 1.807) is 12.1 Å². The minimum absolute atomic E-state index is 0. The van der Waals surface area contributed by atoms with Gasteiger partial charge in [-0.3, -0.25) is 4.79 Å². The highest BCUT2D eigenvalue weighted by atomic mass is 35.5. The van der Waals surface area contributed by atoms with Crippen molar-refractivity contribution in [3.05, 3.63) is 35.6 Å². The lowest BCUT2D eigenvalue weighted by atomic mass is 9.85. The van der Waals surface area contributed by atoms with Gasteiger partial charge in [0, 0.05) is 31.6 Å². The summed E-state index contributed by atoms with van der Waals surface area (Å²) in [6.07, 6.45) is 3.74. The predicted molar refractivity (Wildman–Crippen MR) is 97.6 cm³/mol. The van der Waals surface area contributed by atoms with Gasteiger partial charge in [-0.15, -0.1) is 12.4 Å². The molecule has 0 aromatic heterocycles. The maximum absolute atomic E-state index is 13.1. The molecule has 1 amide bonds. The minimum atomic E-state index is -0.252. The van der Waals surface area contributed by atoms with Gasteiger partial charge in [-0.1, -0.05) is 18.6 Å². The molecule has 0 saturated heterocycles. The van der Waals surface area contributed by atoms with E-state index in [1.807, 2.05) is 19.0 Å². The van der Waals surface area contributed by atoms with E-state index in [0.29, 0.717) is 13.1 Å². The first-order valence-electron chi connectivity index (χ1n) is 8.39. The number of nitrogens with two attached hydrogens (primary N) is 1.